The number of nitrogens with one attached hydrogen (secondary N) is 1. The Bertz CT molecular complexity index is 312. The van der Waals surface area contributed by atoms with E-state index >= 15 is 0 Å². The lowest BCUT2D eigenvalue weighted by molar-refractivity contribution is -0.142. The van der Waals surface area contributed by atoms with Crippen LogP contribution in [0.4, 0.5) is 4.79 Å². The Morgan fingerprint density at radius 2 is 2.22 bits per heavy atom. The predicted octanol–water partition coefficient (Wildman–Crippen LogP) is 1.49. The fourth-order valence-corrected chi connectivity index (χ4v) is 2.94. The van der Waals surface area contributed by atoms with Crippen LogP contribution in [0.5, 0.6) is 0 Å². The fourth-order valence-electron chi connectivity index (χ4n) is 2.26. The lowest BCUT2D eigenvalue weighted by Gasteiger charge is -2.24. The van der Waals surface area contributed by atoms with E-state index in [2.05, 4.69) is 12.2 Å². The van der Waals surface area contributed by atoms with Gasteiger partial charge in [-0.25, -0.2) is 9.59 Å². The summed E-state index contributed by atoms with van der Waals surface area (Å²) >= 11 is 1.74. The number of urea groups is 1. The van der Waals surface area contributed by atoms with Gasteiger partial charge in [-0.15, -0.1) is 0 Å². The van der Waals surface area contributed by atoms with Gasteiger partial charge in [0.15, 0.2) is 0 Å². The Balaban J connectivity index is 2.48. The number of hydrogen-bond acceptors (Lipinski definition) is 3. The molecule has 3 atom stereocenters. The third kappa shape index (κ3) is 3.80. The first kappa shape index (κ1) is 15.1. The maximum Gasteiger partial charge on any atom is 0.326 e. The first-order valence-corrected chi connectivity index (χ1v) is 7.63. The van der Waals surface area contributed by atoms with Crippen LogP contribution in [0.3, 0.4) is 0 Å². The predicted molar refractivity (Wildman–Crippen MR) is 72.9 cm³/mol. The second kappa shape index (κ2) is 6.87. The molecule has 18 heavy (non-hydrogen) atoms. The first-order chi connectivity index (χ1) is 8.47. The number of carbonyl (C=O) groups is 2. The molecule has 0 aromatic carbocycles. The molecular formula is C12H22N2O3S. The highest BCUT2D eigenvalue weighted by atomic mass is 32.2. The molecule has 0 saturated carbocycles. The average Bonchev–Trinajstić information content (AvgIpc) is 2.68. The standard InChI is InChI=1S/C12H22N2O3S/c1-8(7-18-3)6-13-12(17)14-5-4-9(2)10(14)11(15)16/h8-10H,4-7H2,1-3H3,(H,13,17)(H,15,16). The van der Waals surface area contributed by atoms with Crippen LogP contribution in [-0.4, -0.2) is 53.1 Å². The minimum Gasteiger partial charge on any atom is -0.480 e. The zero-order chi connectivity index (χ0) is 13.7. The molecule has 2 amide bonds. The van der Waals surface area contributed by atoms with Crippen molar-refractivity contribution in [3.63, 3.8) is 0 Å². The number of amides is 2. The molecular weight excluding hydrogens is 252 g/mol. The molecule has 104 valence electrons. The Hall–Kier alpha value is -0.910. The molecule has 1 rings (SSSR count). The topological polar surface area (TPSA) is 69.6 Å². The largest absolute Gasteiger partial charge is 0.480 e. The van der Waals surface area contributed by atoms with Crippen molar-refractivity contribution in [3.05, 3.63) is 0 Å². The van der Waals surface area contributed by atoms with E-state index in [-0.39, 0.29) is 11.9 Å². The molecule has 0 bridgehead atoms. The van der Waals surface area contributed by atoms with Crippen molar-refractivity contribution in [2.24, 2.45) is 11.8 Å². The average molecular weight is 274 g/mol. The van der Waals surface area contributed by atoms with Gasteiger partial charge in [0.25, 0.3) is 0 Å². The number of carboxylic acid groups (broad SMARTS) is 1. The number of thioether (sulfide) groups is 1. The quantitative estimate of drug-likeness (QED) is 0.797. The first-order valence-electron chi connectivity index (χ1n) is 6.23. The van der Waals surface area contributed by atoms with E-state index in [0.717, 1.165) is 12.2 Å². The van der Waals surface area contributed by atoms with Crippen molar-refractivity contribution < 1.29 is 14.7 Å². The Kier molecular flexibility index (Phi) is 5.78. The van der Waals surface area contributed by atoms with Gasteiger partial charge in [-0.3, -0.25) is 0 Å². The number of carboxylic acids is 1. The zero-order valence-electron chi connectivity index (χ0n) is 11.2. The molecule has 0 aromatic rings. The Labute approximate surface area is 112 Å². The summed E-state index contributed by atoms with van der Waals surface area (Å²) in [7, 11) is 0. The maximum atomic E-state index is 12.0. The number of rotatable bonds is 5. The molecule has 1 aliphatic heterocycles. The fraction of sp³-hybridized carbons (Fsp3) is 0.833. The minimum atomic E-state index is -0.910. The monoisotopic (exact) mass is 274 g/mol. The maximum absolute atomic E-state index is 12.0. The van der Waals surface area contributed by atoms with Gasteiger partial charge in [0, 0.05) is 13.1 Å². The second-order valence-electron chi connectivity index (χ2n) is 4.99. The van der Waals surface area contributed by atoms with Crippen LogP contribution in [0, 0.1) is 11.8 Å². The molecule has 1 saturated heterocycles. The van der Waals surface area contributed by atoms with Crippen molar-refractivity contribution in [2.75, 3.05) is 25.1 Å². The molecule has 0 aliphatic carbocycles. The van der Waals surface area contributed by atoms with Gasteiger partial charge in [0.1, 0.15) is 6.04 Å². The number of hydrogen-bond donors (Lipinski definition) is 2. The normalized spacial score (nSPS) is 24.9. The van der Waals surface area contributed by atoms with E-state index in [0.29, 0.717) is 19.0 Å². The minimum absolute atomic E-state index is 0.0249. The lowest BCUT2D eigenvalue weighted by Crippen LogP contribution is -2.48. The van der Waals surface area contributed by atoms with Gasteiger partial charge in [-0.1, -0.05) is 13.8 Å². The van der Waals surface area contributed by atoms with Crippen LogP contribution in [0.15, 0.2) is 0 Å². The summed E-state index contributed by atoms with van der Waals surface area (Å²) in [6.07, 6.45) is 2.78. The van der Waals surface area contributed by atoms with Crippen molar-refractivity contribution >= 4 is 23.8 Å². The number of nitrogens with zero attached hydrogens (tertiary/aromatic N) is 1. The van der Waals surface area contributed by atoms with E-state index < -0.39 is 12.0 Å². The highest BCUT2D eigenvalue weighted by Crippen LogP contribution is 2.24. The third-order valence-corrected chi connectivity index (χ3v) is 4.17. The van der Waals surface area contributed by atoms with Crippen LogP contribution in [0.1, 0.15) is 20.3 Å². The molecule has 0 spiro atoms. The van der Waals surface area contributed by atoms with Crippen molar-refractivity contribution in [1.82, 2.24) is 10.2 Å². The molecule has 6 heteroatoms. The highest BCUT2D eigenvalue weighted by molar-refractivity contribution is 7.98. The van der Waals surface area contributed by atoms with Crippen molar-refractivity contribution in [1.29, 1.82) is 0 Å². The van der Waals surface area contributed by atoms with Crippen LogP contribution < -0.4 is 5.32 Å². The van der Waals surface area contributed by atoms with E-state index in [9.17, 15) is 9.59 Å². The Morgan fingerprint density at radius 3 is 2.78 bits per heavy atom. The van der Waals surface area contributed by atoms with Crippen LogP contribution in [-0.2, 0) is 4.79 Å². The van der Waals surface area contributed by atoms with Crippen molar-refractivity contribution in [3.8, 4) is 0 Å². The summed E-state index contributed by atoms with van der Waals surface area (Å²) in [5.74, 6) is 0.496. The second-order valence-corrected chi connectivity index (χ2v) is 5.90. The van der Waals surface area contributed by atoms with E-state index in [4.69, 9.17) is 5.11 Å². The van der Waals surface area contributed by atoms with Crippen LogP contribution in [0.2, 0.25) is 0 Å². The van der Waals surface area contributed by atoms with Gasteiger partial charge >= 0.3 is 12.0 Å². The number of likely N-dealkylation sites (tertiary alicyclic amines) is 1. The summed E-state index contributed by atoms with van der Waals surface area (Å²) in [4.78, 5) is 24.5. The van der Waals surface area contributed by atoms with Gasteiger partial charge in [-0.05, 0) is 30.3 Å². The van der Waals surface area contributed by atoms with E-state index in [1.54, 1.807) is 11.8 Å². The SMILES string of the molecule is CSCC(C)CNC(=O)N1CCC(C)C1C(=O)O. The zero-order valence-corrected chi connectivity index (χ0v) is 12.0. The Morgan fingerprint density at radius 1 is 1.56 bits per heavy atom. The molecule has 2 N–H and O–H groups in total. The summed E-state index contributed by atoms with van der Waals surface area (Å²) in [5.41, 5.74) is 0. The van der Waals surface area contributed by atoms with Crippen LogP contribution >= 0.6 is 11.8 Å². The van der Waals surface area contributed by atoms with Gasteiger partial charge in [0.2, 0.25) is 0 Å². The molecule has 5 nitrogen and oxygen atoms in total. The molecule has 1 aliphatic rings. The smallest absolute Gasteiger partial charge is 0.326 e. The van der Waals surface area contributed by atoms with E-state index in [1.165, 1.54) is 4.90 Å². The van der Waals surface area contributed by atoms with Crippen molar-refractivity contribution in [2.45, 2.75) is 26.3 Å². The summed E-state index contributed by atoms with van der Waals surface area (Å²) < 4.78 is 0. The molecule has 1 fully saturated rings. The summed E-state index contributed by atoms with van der Waals surface area (Å²) in [5, 5.41) is 12.0. The summed E-state index contributed by atoms with van der Waals surface area (Å²) in [6, 6.07) is -0.930. The van der Waals surface area contributed by atoms with Gasteiger partial charge < -0.3 is 15.3 Å². The number of carbonyl (C=O) groups excluding carboxylic acids is 1. The van der Waals surface area contributed by atoms with Gasteiger partial charge in [-0.2, -0.15) is 11.8 Å². The third-order valence-electron chi connectivity index (χ3n) is 3.27. The van der Waals surface area contributed by atoms with Crippen LogP contribution in [0.25, 0.3) is 0 Å². The number of aliphatic carboxylic acids is 1. The summed E-state index contributed by atoms with van der Waals surface area (Å²) in [6.45, 7) is 5.07. The van der Waals surface area contributed by atoms with Gasteiger partial charge in [0.05, 0.1) is 0 Å². The molecule has 1 heterocycles. The molecule has 3 unspecified atom stereocenters. The molecule has 0 aromatic heterocycles. The highest BCUT2D eigenvalue weighted by Gasteiger charge is 2.39. The molecule has 0 radical (unpaired) electrons. The van der Waals surface area contributed by atoms with E-state index in [1.807, 2.05) is 13.2 Å². The lowest BCUT2D eigenvalue weighted by atomic mass is 10.0.